The van der Waals surface area contributed by atoms with Gasteiger partial charge in [-0.05, 0) is 60.5 Å². The Bertz CT molecular complexity index is 1200. The molecular weight excluding hydrogens is 435 g/mol. The van der Waals surface area contributed by atoms with E-state index in [4.69, 9.17) is 9.47 Å². The van der Waals surface area contributed by atoms with E-state index in [9.17, 15) is 17.6 Å². The molecule has 0 heterocycles. The number of methoxy groups -OCH3 is 2. The van der Waals surface area contributed by atoms with Crippen molar-refractivity contribution in [2.45, 2.75) is 11.3 Å². The van der Waals surface area contributed by atoms with Gasteiger partial charge in [0.15, 0.2) is 11.5 Å². The molecule has 0 radical (unpaired) electrons. The molecule has 32 heavy (non-hydrogen) atoms. The van der Waals surface area contributed by atoms with Crippen molar-refractivity contribution in [1.29, 1.82) is 0 Å². The van der Waals surface area contributed by atoms with E-state index in [0.717, 1.165) is 29.8 Å². The van der Waals surface area contributed by atoms with Crippen LogP contribution >= 0.6 is 0 Å². The third-order valence-corrected chi connectivity index (χ3v) is 6.07. The minimum absolute atomic E-state index is 0.109. The molecule has 0 aliphatic rings. The fourth-order valence-electron chi connectivity index (χ4n) is 3.04. The molecule has 0 atom stereocenters. The first kappa shape index (κ1) is 23.1. The van der Waals surface area contributed by atoms with Crippen molar-refractivity contribution in [1.82, 2.24) is 5.32 Å². The van der Waals surface area contributed by atoms with Crippen LogP contribution in [0.3, 0.4) is 0 Å². The number of carbonyl (C=O) groups excluding carboxylic acids is 1. The molecule has 0 spiro atoms. The van der Waals surface area contributed by atoms with Crippen LogP contribution in [0.2, 0.25) is 0 Å². The van der Waals surface area contributed by atoms with Crippen LogP contribution in [0.1, 0.15) is 15.9 Å². The number of para-hydroxylation sites is 1. The van der Waals surface area contributed by atoms with Crippen LogP contribution in [0.15, 0.2) is 71.6 Å². The van der Waals surface area contributed by atoms with Gasteiger partial charge in [-0.2, -0.15) is 0 Å². The predicted octanol–water partition coefficient (Wildman–Crippen LogP) is 3.62. The van der Waals surface area contributed by atoms with Gasteiger partial charge in [-0.15, -0.1) is 0 Å². The number of sulfonamides is 1. The molecule has 0 unspecified atom stereocenters. The van der Waals surface area contributed by atoms with Crippen molar-refractivity contribution in [3.63, 3.8) is 0 Å². The lowest BCUT2D eigenvalue weighted by Gasteiger charge is -2.13. The summed E-state index contributed by atoms with van der Waals surface area (Å²) in [6.07, 6.45) is 0.537. The Morgan fingerprint density at radius 3 is 2.31 bits per heavy atom. The number of hydrogen-bond acceptors (Lipinski definition) is 5. The molecule has 1 amide bonds. The Morgan fingerprint density at radius 2 is 1.62 bits per heavy atom. The highest BCUT2D eigenvalue weighted by molar-refractivity contribution is 7.92. The zero-order valence-electron chi connectivity index (χ0n) is 17.6. The highest BCUT2D eigenvalue weighted by Crippen LogP contribution is 2.27. The summed E-state index contributed by atoms with van der Waals surface area (Å²) in [5, 5.41) is 2.79. The number of hydrogen-bond donors (Lipinski definition) is 2. The molecule has 0 aliphatic heterocycles. The van der Waals surface area contributed by atoms with Gasteiger partial charge in [-0.1, -0.05) is 18.2 Å². The summed E-state index contributed by atoms with van der Waals surface area (Å²) in [6.45, 7) is 0.327. The summed E-state index contributed by atoms with van der Waals surface area (Å²) in [6, 6.07) is 16.2. The number of halogens is 1. The molecule has 9 heteroatoms. The van der Waals surface area contributed by atoms with Crippen LogP contribution < -0.4 is 19.5 Å². The van der Waals surface area contributed by atoms with E-state index in [-0.39, 0.29) is 16.1 Å². The molecule has 3 rings (SSSR count). The van der Waals surface area contributed by atoms with Gasteiger partial charge in [0.05, 0.1) is 30.4 Å². The Kier molecular flexibility index (Phi) is 7.32. The van der Waals surface area contributed by atoms with E-state index >= 15 is 0 Å². The zero-order chi connectivity index (χ0) is 23.1. The van der Waals surface area contributed by atoms with Crippen molar-refractivity contribution >= 4 is 21.6 Å². The number of ether oxygens (including phenoxy) is 2. The number of carbonyl (C=O) groups is 1. The van der Waals surface area contributed by atoms with E-state index in [1.807, 2.05) is 12.1 Å². The second-order valence-electron chi connectivity index (χ2n) is 6.80. The Hall–Kier alpha value is -3.59. The molecule has 2 N–H and O–H groups in total. The number of rotatable bonds is 9. The van der Waals surface area contributed by atoms with Gasteiger partial charge in [0.25, 0.3) is 15.9 Å². The van der Waals surface area contributed by atoms with E-state index in [2.05, 4.69) is 10.0 Å². The maximum absolute atomic E-state index is 13.1. The van der Waals surface area contributed by atoms with Crippen LogP contribution in [0.4, 0.5) is 10.1 Å². The standard InChI is InChI=1S/C23H23FN2O5S/c1-30-21-12-7-16(15-22(21)31-2)13-14-25-23(27)19-5-3-4-6-20(19)26-32(28,29)18-10-8-17(24)9-11-18/h3-12,15,26H,13-14H2,1-2H3,(H,25,27). The van der Waals surface area contributed by atoms with E-state index in [1.165, 1.54) is 12.1 Å². The topological polar surface area (TPSA) is 93.7 Å². The van der Waals surface area contributed by atoms with Crippen LogP contribution in [-0.4, -0.2) is 35.1 Å². The molecule has 0 bridgehead atoms. The molecule has 0 aromatic heterocycles. The van der Waals surface area contributed by atoms with Gasteiger partial charge < -0.3 is 14.8 Å². The molecule has 3 aromatic carbocycles. The summed E-state index contributed by atoms with van der Waals surface area (Å²) in [5.41, 5.74) is 1.24. The zero-order valence-corrected chi connectivity index (χ0v) is 18.4. The monoisotopic (exact) mass is 458 g/mol. The van der Waals surface area contributed by atoms with Gasteiger partial charge in [0, 0.05) is 6.54 Å². The Morgan fingerprint density at radius 1 is 0.938 bits per heavy atom. The van der Waals surface area contributed by atoms with Crippen LogP contribution in [0.5, 0.6) is 11.5 Å². The molecule has 0 saturated heterocycles. The van der Waals surface area contributed by atoms with Crippen molar-refractivity contribution in [3.8, 4) is 11.5 Å². The fourth-order valence-corrected chi connectivity index (χ4v) is 4.12. The predicted molar refractivity (Wildman–Crippen MR) is 119 cm³/mol. The van der Waals surface area contributed by atoms with Gasteiger partial charge in [0.1, 0.15) is 5.82 Å². The van der Waals surface area contributed by atoms with Crippen LogP contribution in [0, 0.1) is 5.82 Å². The maximum Gasteiger partial charge on any atom is 0.261 e. The molecule has 0 fully saturated rings. The molecule has 0 saturated carbocycles. The number of amides is 1. The lowest BCUT2D eigenvalue weighted by molar-refractivity contribution is 0.0955. The smallest absolute Gasteiger partial charge is 0.261 e. The minimum atomic E-state index is -3.99. The first-order valence-corrected chi connectivity index (χ1v) is 11.2. The third-order valence-electron chi connectivity index (χ3n) is 4.69. The molecule has 0 aliphatic carbocycles. The lowest BCUT2D eigenvalue weighted by atomic mass is 10.1. The summed E-state index contributed by atoms with van der Waals surface area (Å²) in [4.78, 5) is 12.6. The van der Waals surface area contributed by atoms with Gasteiger partial charge >= 0.3 is 0 Å². The molecule has 7 nitrogen and oxygen atoms in total. The average Bonchev–Trinajstić information content (AvgIpc) is 2.79. The van der Waals surface area contributed by atoms with Crippen LogP contribution in [0.25, 0.3) is 0 Å². The highest BCUT2D eigenvalue weighted by atomic mass is 32.2. The van der Waals surface area contributed by atoms with Crippen molar-refractivity contribution in [3.05, 3.63) is 83.7 Å². The molecular formula is C23H23FN2O5S. The van der Waals surface area contributed by atoms with Gasteiger partial charge in [-0.25, -0.2) is 12.8 Å². The Balaban J connectivity index is 1.68. The third kappa shape index (κ3) is 5.55. The molecule has 168 valence electrons. The summed E-state index contributed by atoms with van der Waals surface area (Å²) in [7, 11) is -0.882. The normalized spacial score (nSPS) is 11.0. The number of anilines is 1. The van der Waals surface area contributed by atoms with Crippen molar-refractivity contribution in [2.75, 3.05) is 25.5 Å². The lowest BCUT2D eigenvalue weighted by Crippen LogP contribution is -2.27. The van der Waals surface area contributed by atoms with E-state index in [1.54, 1.807) is 32.4 Å². The van der Waals surface area contributed by atoms with Crippen molar-refractivity contribution in [2.24, 2.45) is 0 Å². The minimum Gasteiger partial charge on any atom is -0.493 e. The summed E-state index contributed by atoms with van der Waals surface area (Å²) >= 11 is 0. The molecule has 3 aromatic rings. The second-order valence-corrected chi connectivity index (χ2v) is 8.48. The average molecular weight is 459 g/mol. The van der Waals surface area contributed by atoms with E-state index < -0.39 is 21.7 Å². The van der Waals surface area contributed by atoms with Crippen molar-refractivity contribution < 1.29 is 27.1 Å². The quantitative estimate of drug-likeness (QED) is 0.511. The SMILES string of the molecule is COc1ccc(CCNC(=O)c2ccccc2NS(=O)(=O)c2ccc(F)cc2)cc1OC. The summed E-state index contributed by atoms with van der Waals surface area (Å²) < 4.78 is 51.2. The maximum atomic E-state index is 13.1. The second kappa shape index (κ2) is 10.1. The van der Waals surface area contributed by atoms with Gasteiger partial charge in [0.2, 0.25) is 0 Å². The largest absolute Gasteiger partial charge is 0.493 e. The first-order valence-electron chi connectivity index (χ1n) is 9.70. The first-order chi connectivity index (χ1) is 15.3. The fraction of sp³-hybridized carbons (Fsp3) is 0.174. The highest BCUT2D eigenvalue weighted by Gasteiger charge is 2.18. The van der Waals surface area contributed by atoms with Gasteiger partial charge in [-0.3, -0.25) is 9.52 Å². The number of benzene rings is 3. The van der Waals surface area contributed by atoms with Crippen LogP contribution in [-0.2, 0) is 16.4 Å². The number of nitrogens with one attached hydrogen (secondary N) is 2. The van der Waals surface area contributed by atoms with E-state index in [0.29, 0.717) is 24.5 Å². The summed E-state index contributed by atoms with van der Waals surface area (Å²) in [5.74, 6) is 0.237. The Labute approximate surface area is 186 Å².